The maximum atomic E-state index is 14.7. The molecule has 1 saturated carbocycles. The number of nitrogens with zero attached hydrogens (tertiary/aromatic N) is 5. The second-order valence-electron chi connectivity index (χ2n) is 13.7. The predicted molar refractivity (Wildman–Crippen MR) is 162 cm³/mol. The lowest BCUT2D eigenvalue weighted by molar-refractivity contribution is -0.0240. The number of aliphatic hydroxyl groups excluding tert-OH is 1. The van der Waals surface area contributed by atoms with Crippen molar-refractivity contribution < 1.29 is 33.3 Å². The first-order valence-corrected chi connectivity index (χ1v) is 15.1. The minimum Gasteiger partial charge on any atom is -0.472 e. The third-order valence-electron chi connectivity index (χ3n) is 7.42. The minimum absolute atomic E-state index is 0.117. The number of benzene rings is 1. The summed E-state index contributed by atoms with van der Waals surface area (Å²) in [5.41, 5.74) is 0.751. The van der Waals surface area contributed by atoms with Gasteiger partial charge < -0.3 is 24.2 Å². The molecule has 2 aromatic heterocycles. The molecule has 3 heterocycles. The molecule has 1 saturated heterocycles. The van der Waals surface area contributed by atoms with Gasteiger partial charge in [-0.1, -0.05) is 6.42 Å². The normalized spacial score (nSPS) is 19.4. The second kappa shape index (κ2) is 11.9. The van der Waals surface area contributed by atoms with Crippen LogP contribution in [0.2, 0.25) is 0 Å². The number of hydrogen-bond acceptors (Lipinski definition) is 8. The topological polar surface area (TPSA) is 119 Å². The number of carbonyl (C=O) groups is 2. The number of likely N-dealkylation sites (tertiary alicyclic amines) is 1. The van der Waals surface area contributed by atoms with E-state index in [-0.39, 0.29) is 42.8 Å². The number of anilines is 2. The molecule has 2 fully saturated rings. The van der Waals surface area contributed by atoms with E-state index in [1.54, 1.807) is 71.3 Å². The Kier molecular flexibility index (Phi) is 8.50. The van der Waals surface area contributed by atoms with Crippen molar-refractivity contribution in [3.05, 3.63) is 47.4 Å². The molecule has 44 heavy (non-hydrogen) atoms. The number of aromatic nitrogens is 3. The number of halogens is 1. The summed E-state index contributed by atoms with van der Waals surface area (Å²) in [5, 5.41) is 15.2. The lowest BCUT2D eigenvalue weighted by Crippen LogP contribution is -2.51. The first-order valence-electron chi connectivity index (χ1n) is 15.1. The van der Waals surface area contributed by atoms with Gasteiger partial charge in [0, 0.05) is 18.1 Å². The van der Waals surface area contributed by atoms with Gasteiger partial charge in [-0.2, -0.15) is 14.6 Å². The van der Waals surface area contributed by atoms with Crippen LogP contribution in [-0.2, 0) is 9.47 Å². The molecular weight excluding hydrogens is 569 g/mol. The Morgan fingerprint density at radius 1 is 1.02 bits per heavy atom. The van der Waals surface area contributed by atoms with Gasteiger partial charge in [0.1, 0.15) is 23.1 Å². The number of amides is 2. The van der Waals surface area contributed by atoms with Gasteiger partial charge in [0.15, 0.2) is 11.5 Å². The highest BCUT2D eigenvalue weighted by Crippen LogP contribution is 2.40. The van der Waals surface area contributed by atoms with Crippen molar-refractivity contribution >= 4 is 29.3 Å². The van der Waals surface area contributed by atoms with E-state index in [1.165, 1.54) is 21.9 Å². The van der Waals surface area contributed by atoms with E-state index in [0.717, 1.165) is 24.8 Å². The van der Waals surface area contributed by atoms with Crippen LogP contribution in [0.25, 0.3) is 5.65 Å². The summed E-state index contributed by atoms with van der Waals surface area (Å²) < 4.78 is 33.9. The Bertz CT molecular complexity index is 1520. The van der Waals surface area contributed by atoms with Crippen molar-refractivity contribution in [1.29, 1.82) is 0 Å². The molecule has 5 rings (SSSR count). The number of ether oxygens (including phenoxy) is 3. The van der Waals surface area contributed by atoms with Gasteiger partial charge in [0.2, 0.25) is 5.88 Å². The largest absolute Gasteiger partial charge is 0.472 e. The predicted octanol–water partition coefficient (Wildman–Crippen LogP) is 6.27. The van der Waals surface area contributed by atoms with Gasteiger partial charge in [0.05, 0.1) is 31.1 Å². The van der Waals surface area contributed by atoms with Crippen molar-refractivity contribution in [2.45, 2.75) is 103 Å². The van der Waals surface area contributed by atoms with E-state index in [4.69, 9.17) is 19.2 Å². The molecule has 3 aromatic rings. The summed E-state index contributed by atoms with van der Waals surface area (Å²) in [4.78, 5) is 34.1. The lowest BCUT2D eigenvalue weighted by Gasteiger charge is -2.36. The van der Waals surface area contributed by atoms with Crippen molar-refractivity contribution in [3.8, 4) is 5.88 Å². The van der Waals surface area contributed by atoms with Gasteiger partial charge in [-0.15, -0.1) is 0 Å². The Morgan fingerprint density at radius 3 is 2.34 bits per heavy atom. The minimum atomic E-state index is -0.840. The summed E-state index contributed by atoms with van der Waals surface area (Å²) in [6.45, 7) is 12.6. The highest BCUT2D eigenvalue weighted by Gasteiger charge is 2.35. The first-order chi connectivity index (χ1) is 20.6. The van der Waals surface area contributed by atoms with Crippen LogP contribution in [0.1, 0.15) is 84.3 Å². The Balaban J connectivity index is 1.58. The summed E-state index contributed by atoms with van der Waals surface area (Å²) in [7, 11) is 0. The van der Waals surface area contributed by atoms with Gasteiger partial charge in [-0.25, -0.2) is 18.9 Å². The molecule has 0 bridgehead atoms. The molecule has 238 valence electrons. The lowest BCUT2D eigenvalue weighted by atomic mass is 9.81. The monoisotopic (exact) mass is 611 g/mol. The molecule has 11 nitrogen and oxygen atoms in total. The maximum Gasteiger partial charge on any atom is 0.420 e. The first kappa shape index (κ1) is 31.5. The fourth-order valence-corrected chi connectivity index (χ4v) is 5.41. The zero-order chi connectivity index (χ0) is 32.0. The number of aliphatic hydroxyl groups is 1. The Labute approximate surface area is 256 Å². The van der Waals surface area contributed by atoms with Crippen LogP contribution in [-0.4, -0.2) is 73.3 Å². The third-order valence-corrected chi connectivity index (χ3v) is 7.42. The molecule has 0 spiro atoms. The van der Waals surface area contributed by atoms with Crippen molar-refractivity contribution in [3.63, 3.8) is 0 Å². The SMILES string of the molecule is Cc1cc(F)cc(N(C(=O)OC(C)(C)C)c2cc(O[C@H]3C[C@H](O)CN(C(=O)OC(C)(C)C)C3)nc3c(C4CCC4)cnn23)c1. The molecule has 1 aromatic carbocycles. The van der Waals surface area contributed by atoms with Crippen molar-refractivity contribution in [1.82, 2.24) is 19.5 Å². The van der Waals surface area contributed by atoms with Gasteiger partial charge in [-0.3, -0.25) is 0 Å². The number of hydrogen-bond donors (Lipinski definition) is 1. The third kappa shape index (κ3) is 7.23. The van der Waals surface area contributed by atoms with Crippen LogP contribution in [0.3, 0.4) is 0 Å². The summed E-state index contributed by atoms with van der Waals surface area (Å²) in [5.74, 6) is 0.159. The molecule has 0 unspecified atom stereocenters. The fraction of sp³-hybridized carbons (Fsp3) is 0.562. The Morgan fingerprint density at radius 2 is 1.73 bits per heavy atom. The van der Waals surface area contributed by atoms with E-state index >= 15 is 0 Å². The van der Waals surface area contributed by atoms with E-state index < -0.39 is 41.4 Å². The average molecular weight is 612 g/mol. The van der Waals surface area contributed by atoms with Gasteiger partial charge >= 0.3 is 12.2 Å². The van der Waals surface area contributed by atoms with Gasteiger partial charge in [-0.05, 0) is 91.0 Å². The molecular formula is C32H42FN5O6. The standard InChI is InChI=1S/C32H42FN5O6/c1-19-11-21(33)13-22(12-19)37(30(41)44-32(5,6)7)27-15-26(35-28-25(16-34-38(27)28)20-9-8-10-20)42-24-14-23(39)17-36(18-24)29(40)43-31(2,3)4/h11-13,15-16,20,23-24,39H,8-10,14,17-18H2,1-7H3/t23-,24-/m0/s1. The smallest absolute Gasteiger partial charge is 0.420 e. The summed E-state index contributed by atoms with van der Waals surface area (Å²) in [6.07, 6.45) is 2.35. The van der Waals surface area contributed by atoms with Crippen molar-refractivity contribution in [2.24, 2.45) is 0 Å². The molecule has 12 heteroatoms. The number of rotatable bonds is 5. The zero-order valence-electron chi connectivity index (χ0n) is 26.5. The molecule has 2 atom stereocenters. The van der Waals surface area contributed by atoms with E-state index in [9.17, 15) is 19.1 Å². The average Bonchev–Trinajstić information content (AvgIpc) is 3.23. The van der Waals surface area contributed by atoms with Crippen LogP contribution in [0.4, 0.5) is 25.5 Å². The number of piperidine rings is 1. The summed E-state index contributed by atoms with van der Waals surface area (Å²) >= 11 is 0. The molecule has 2 aliphatic rings. The van der Waals surface area contributed by atoms with E-state index in [2.05, 4.69) is 5.10 Å². The molecule has 0 radical (unpaired) electrons. The maximum absolute atomic E-state index is 14.7. The fourth-order valence-electron chi connectivity index (χ4n) is 5.41. The second-order valence-corrected chi connectivity index (χ2v) is 13.7. The molecule has 1 aliphatic carbocycles. The highest BCUT2D eigenvalue weighted by molar-refractivity contribution is 5.96. The number of aryl methyl sites for hydroxylation is 1. The van der Waals surface area contributed by atoms with Crippen LogP contribution in [0.5, 0.6) is 5.88 Å². The quantitative estimate of drug-likeness (QED) is 0.359. The number of β-amino-alcohol motifs (C(OH)–C–C–N with tert-alkyl or cyclic N) is 1. The molecule has 1 aliphatic heterocycles. The van der Waals surface area contributed by atoms with Crippen LogP contribution in [0, 0.1) is 12.7 Å². The van der Waals surface area contributed by atoms with E-state index in [1.807, 2.05) is 0 Å². The van der Waals surface area contributed by atoms with E-state index in [0.29, 0.717) is 11.2 Å². The summed E-state index contributed by atoms with van der Waals surface area (Å²) in [6, 6.07) is 5.87. The molecule has 1 N–H and O–H groups in total. The van der Waals surface area contributed by atoms with Crippen LogP contribution >= 0.6 is 0 Å². The number of carbonyl (C=O) groups excluding carboxylic acids is 2. The van der Waals surface area contributed by atoms with Crippen molar-refractivity contribution in [2.75, 3.05) is 18.0 Å². The van der Waals surface area contributed by atoms with Crippen LogP contribution < -0.4 is 9.64 Å². The van der Waals surface area contributed by atoms with Crippen LogP contribution in [0.15, 0.2) is 30.5 Å². The Hall–Kier alpha value is -3.93. The number of fused-ring (bicyclic) bond motifs is 1. The molecule has 2 amide bonds. The van der Waals surface area contributed by atoms with Gasteiger partial charge in [0.25, 0.3) is 0 Å². The highest BCUT2D eigenvalue weighted by atomic mass is 19.1. The zero-order valence-corrected chi connectivity index (χ0v) is 26.5.